The van der Waals surface area contributed by atoms with Gasteiger partial charge in [-0.25, -0.2) is 4.98 Å². The third-order valence-corrected chi connectivity index (χ3v) is 4.41. The van der Waals surface area contributed by atoms with Gasteiger partial charge >= 0.3 is 0 Å². The van der Waals surface area contributed by atoms with E-state index >= 15 is 0 Å². The number of halogens is 3. The van der Waals surface area contributed by atoms with Gasteiger partial charge in [0.1, 0.15) is 5.82 Å². The molecule has 0 amide bonds. The number of fused-ring (bicyclic) bond motifs is 1. The minimum atomic E-state index is 0.535. The van der Waals surface area contributed by atoms with Crippen LogP contribution in [0.15, 0.2) is 40.9 Å². The summed E-state index contributed by atoms with van der Waals surface area (Å²) in [5.41, 5.74) is 4.28. The number of alkyl halides is 1. The van der Waals surface area contributed by atoms with E-state index in [0.717, 1.165) is 27.0 Å². The van der Waals surface area contributed by atoms with Crippen LogP contribution in [0, 0.1) is 6.92 Å². The first-order chi connectivity index (χ1) is 10.1. The van der Waals surface area contributed by atoms with E-state index in [9.17, 15) is 0 Å². The summed E-state index contributed by atoms with van der Waals surface area (Å²) in [7, 11) is 0. The number of aromatic nitrogens is 2. The predicted molar refractivity (Wildman–Crippen MR) is 92.9 cm³/mol. The lowest BCUT2D eigenvalue weighted by Gasteiger charge is -2.11. The maximum Gasteiger partial charge on any atom is 0.115 e. The van der Waals surface area contributed by atoms with Crippen molar-refractivity contribution in [1.82, 2.24) is 9.55 Å². The molecule has 5 heteroatoms. The van der Waals surface area contributed by atoms with E-state index < -0.39 is 0 Å². The summed E-state index contributed by atoms with van der Waals surface area (Å²) in [6.07, 6.45) is 0.713. The molecule has 0 saturated heterocycles. The Kier molecular flexibility index (Phi) is 4.25. The van der Waals surface area contributed by atoms with Crippen LogP contribution in [-0.2, 0) is 6.42 Å². The van der Waals surface area contributed by atoms with Gasteiger partial charge in [-0.1, -0.05) is 17.7 Å². The molecule has 108 valence electrons. The zero-order valence-electron chi connectivity index (χ0n) is 11.4. The molecule has 0 unspecified atom stereocenters. The second kappa shape index (κ2) is 5.99. The average Bonchev–Trinajstić information content (AvgIpc) is 2.77. The highest BCUT2D eigenvalue weighted by atomic mass is 79.9. The van der Waals surface area contributed by atoms with Gasteiger partial charge in [-0.05, 0) is 58.7 Å². The zero-order chi connectivity index (χ0) is 15.0. The van der Waals surface area contributed by atoms with E-state index in [1.165, 1.54) is 5.56 Å². The fourth-order valence-electron chi connectivity index (χ4n) is 2.42. The highest BCUT2D eigenvalue weighted by Gasteiger charge is 2.14. The molecule has 0 aliphatic heterocycles. The van der Waals surface area contributed by atoms with Crippen LogP contribution in [0.25, 0.3) is 16.7 Å². The summed E-state index contributed by atoms with van der Waals surface area (Å²) in [4.78, 5) is 4.71. The topological polar surface area (TPSA) is 17.8 Å². The van der Waals surface area contributed by atoms with E-state index in [1.807, 2.05) is 24.3 Å². The molecular formula is C16H13BrCl2N2. The van der Waals surface area contributed by atoms with Gasteiger partial charge in [-0.3, -0.25) is 4.57 Å². The van der Waals surface area contributed by atoms with E-state index in [4.69, 9.17) is 28.2 Å². The van der Waals surface area contributed by atoms with Crippen molar-refractivity contribution < 1.29 is 0 Å². The Morgan fingerprint density at radius 2 is 2.00 bits per heavy atom. The summed E-state index contributed by atoms with van der Waals surface area (Å²) < 4.78 is 3.08. The molecule has 2 nitrogen and oxygen atoms in total. The summed E-state index contributed by atoms with van der Waals surface area (Å²) >= 11 is 15.6. The molecule has 2 aromatic carbocycles. The largest absolute Gasteiger partial charge is 0.295 e. The minimum Gasteiger partial charge on any atom is -0.295 e. The van der Waals surface area contributed by atoms with Gasteiger partial charge in [0.2, 0.25) is 0 Å². The minimum absolute atomic E-state index is 0.535. The molecular weight excluding hydrogens is 371 g/mol. The van der Waals surface area contributed by atoms with Crippen molar-refractivity contribution in [2.24, 2.45) is 0 Å². The fraction of sp³-hybridized carbons (Fsp3) is 0.188. The van der Waals surface area contributed by atoms with Crippen molar-refractivity contribution in [3.05, 3.63) is 57.3 Å². The summed E-state index contributed by atoms with van der Waals surface area (Å²) in [6, 6.07) is 12.0. The third kappa shape index (κ3) is 2.83. The van der Waals surface area contributed by atoms with Crippen molar-refractivity contribution in [2.45, 2.75) is 13.3 Å². The highest BCUT2D eigenvalue weighted by molar-refractivity contribution is 9.10. The van der Waals surface area contributed by atoms with Crippen LogP contribution >= 0.6 is 39.1 Å². The number of hydrogen-bond donors (Lipinski definition) is 0. The van der Waals surface area contributed by atoms with Crippen LogP contribution in [0.4, 0.5) is 0 Å². The first-order valence-corrected chi connectivity index (χ1v) is 8.30. The molecule has 3 rings (SSSR count). The molecule has 0 N–H and O–H groups in total. The molecule has 0 aliphatic carbocycles. The Labute approximate surface area is 141 Å². The van der Waals surface area contributed by atoms with Crippen molar-refractivity contribution in [2.75, 3.05) is 5.88 Å². The van der Waals surface area contributed by atoms with Crippen molar-refractivity contribution >= 4 is 50.2 Å². The average molecular weight is 384 g/mol. The number of aryl methyl sites for hydroxylation is 2. The van der Waals surface area contributed by atoms with Crippen molar-refractivity contribution in [3.8, 4) is 5.69 Å². The van der Waals surface area contributed by atoms with Crippen LogP contribution < -0.4 is 0 Å². The number of nitrogens with zero attached hydrogens (tertiary/aromatic N) is 2. The van der Waals surface area contributed by atoms with E-state index in [1.54, 1.807) is 0 Å². The first kappa shape index (κ1) is 14.9. The third-order valence-electron chi connectivity index (χ3n) is 3.35. The van der Waals surface area contributed by atoms with Gasteiger partial charge in [-0.2, -0.15) is 0 Å². The Hall–Kier alpha value is -1.03. The van der Waals surface area contributed by atoms with Gasteiger partial charge in [0, 0.05) is 21.8 Å². The first-order valence-electron chi connectivity index (χ1n) is 6.59. The molecule has 0 aliphatic rings. The zero-order valence-corrected chi connectivity index (χ0v) is 14.5. The predicted octanol–water partition coefficient (Wildman–Crippen LogP) is 5.53. The molecule has 1 aromatic heterocycles. The fourth-order valence-corrected chi connectivity index (χ4v) is 3.45. The van der Waals surface area contributed by atoms with E-state index in [-0.39, 0.29) is 0 Å². The monoisotopic (exact) mass is 382 g/mol. The molecule has 0 saturated carbocycles. The Morgan fingerprint density at radius 1 is 1.19 bits per heavy atom. The number of imidazole rings is 1. The molecule has 0 radical (unpaired) electrons. The number of rotatable bonds is 3. The molecule has 1 heterocycles. The van der Waals surface area contributed by atoms with Crippen molar-refractivity contribution in [1.29, 1.82) is 0 Å². The van der Waals surface area contributed by atoms with Crippen LogP contribution in [0.2, 0.25) is 5.02 Å². The maximum absolute atomic E-state index is 6.05. The Bertz CT molecular complexity index is 811. The maximum atomic E-state index is 6.05. The quantitative estimate of drug-likeness (QED) is 0.543. The Balaban J connectivity index is 2.32. The van der Waals surface area contributed by atoms with E-state index in [2.05, 4.69) is 39.6 Å². The molecule has 3 aromatic rings. The number of hydrogen-bond acceptors (Lipinski definition) is 1. The molecule has 0 bridgehead atoms. The lowest BCUT2D eigenvalue weighted by molar-refractivity contribution is 0.909. The summed E-state index contributed by atoms with van der Waals surface area (Å²) in [5, 5.41) is 0.699. The highest BCUT2D eigenvalue weighted by Crippen LogP contribution is 2.30. The summed E-state index contributed by atoms with van der Waals surface area (Å²) in [6.45, 7) is 2.08. The smallest absolute Gasteiger partial charge is 0.115 e. The Morgan fingerprint density at radius 3 is 2.71 bits per heavy atom. The molecule has 0 fully saturated rings. The molecule has 0 atom stereocenters. The lowest BCUT2D eigenvalue weighted by Crippen LogP contribution is -2.03. The molecule has 0 spiro atoms. The van der Waals surface area contributed by atoms with Gasteiger partial charge in [0.05, 0.1) is 16.7 Å². The standard InChI is InChI=1S/C16H13BrCl2N2/c1-10-2-4-13-15(8-10)21(16(20-13)6-7-18)14-5-3-11(19)9-12(14)17/h2-5,8-9H,6-7H2,1H3. The van der Waals surface area contributed by atoms with Crippen LogP contribution in [0.5, 0.6) is 0 Å². The van der Waals surface area contributed by atoms with Crippen LogP contribution in [0.1, 0.15) is 11.4 Å². The van der Waals surface area contributed by atoms with Crippen LogP contribution in [0.3, 0.4) is 0 Å². The van der Waals surface area contributed by atoms with Gasteiger partial charge in [0.25, 0.3) is 0 Å². The number of benzene rings is 2. The van der Waals surface area contributed by atoms with Gasteiger partial charge in [-0.15, -0.1) is 11.6 Å². The van der Waals surface area contributed by atoms with E-state index in [0.29, 0.717) is 17.3 Å². The molecule has 21 heavy (non-hydrogen) atoms. The van der Waals surface area contributed by atoms with Gasteiger partial charge < -0.3 is 0 Å². The van der Waals surface area contributed by atoms with Crippen LogP contribution in [-0.4, -0.2) is 15.4 Å². The van der Waals surface area contributed by atoms with Gasteiger partial charge in [0.15, 0.2) is 0 Å². The second-order valence-corrected chi connectivity index (χ2v) is 6.56. The lowest BCUT2D eigenvalue weighted by atomic mass is 10.2. The second-order valence-electron chi connectivity index (χ2n) is 4.89. The van der Waals surface area contributed by atoms with Crippen molar-refractivity contribution in [3.63, 3.8) is 0 Å². The SMILES string of the molecule is Cc1ccc2nc(CCCl)n(-c3ccc(Cl)cc3Br)c2c1. The summed E-state index contributed by atoms with van der Waals surface area (Å²) in [5.74, 6) is 1.49. The normalized spacial score (nSPS) is 11.2.